The molecule has 4 aliphatic heterocycles. The molecule has 12 nitrogen and oxygen atoms in total. The SMILES string of the molecule is CC(C)Nc1sc2c(F)ccc(-c3c(C(F)(F)F)cc4c(N5CCCCC6(C5)CN(C)C6C5(C)CC5)nc(OCC56CCCN5CCC6)nc4c3F)c2c1C#N.O=Cn1cnc(F)n1. The number of ether oxygens (including phenoxy) is 1. The maximum absolute atomic E-state index is 17.6. The number of carbonyl (C=O) groups is 1. The predicted molar refractivity (Wildman–Crippen MR) is 231 cm³/mol. The van der Waals surface area contributed by atoms with E-state index >= 15 is 22.0 Å². The van der Waals surface area contributed by atoms with Gasteiger partial charge in [-0.2, -0.15) is 42.5 Å². The quantitative estimate of drug-likeness (QED) is 0.112. The minimum Gasteiger partial charge on any atom is -0.461 e. The third-order valence-electron chi connectivity index (χ3n) is 14.1. The van der Waals surface area contributed by atoms with Crippen LogP contribution in [0.3, 0.4) is 0 Å². The van der Waals surface area contributed by atoms with Gasteiger partial charge >= 0.3 is 18.3 Å². The molecule has 4 saturated heterocycles. The number of hydrogen-bond donors (Lipinski definition) is 1. The molecule has 2 atom stereocenters. The van der Waals surface area contributed by atoms with Gasteiger partial charge in [0.05, 0.1) is 21.4 Å². The molecule has 64 heavy (non-hydrogen) atoms. The molecule has 5 aliphatic rings. The first-order chi connectivity index (χ1) is 30.5. The van der Waals surface area contributed by atoms with Gasteiger partial charge in [0.1, 0.15) is 41.2 Å². The van der Waals surface area contributed by atoms with Crippen molar-refractivity contribution in [2.24, 2.45) is 10.8 Å². The largest absolute Gasteiger partial charge is 0.461 e. The van der Waals surface area contributed by atoms with Crippen LogP contribution < -0.4 is 15.0 Å². The van der Waals surface area contributed by atoms with Gasteiger partial charge in [0, 0.05) is 53.5 Å². The molecule has 1 N–H and O–H groups in total. The Hall–Kier alpha value is -5.06. The first-order valence-electron chi connectivity index (χ1n) is 21.9. The van der Waals surface area contributed by atoms with Gasteiger partial charge in [0.15, 0.2) is 5.82 Å². The number of likely N-dealkylation sites (tertiary alicyclic amines) is 1. The summed E-state index contributed by atoms with van der Waals surface area (Å²) in [5.74, 6) is -1.67. The first kappa shape index (κ1) is 44.2. The van der Waals surface area contributed by atoms with Crippen LogP contribution in [-0.2, 0) is 11.0 Å². The average Bonchev–Trinajstić information content (AvgIpc) is 3.54. The van der Waals surface area contributed by atoms with Crippen molar-refractivity contribution in [2.75, 3.05) is 56.6 Å². The molecular formula is C45H50F6N10O2S. The van der Waals surface area contributed by atoms with Crippen LogP contribution in [0.25, 0.3) is 32.1 Å². The highest BCUT2D eigenvalue weighted by atomic mass is 32.1. The van der Waals surface area contributed by atoms with Crippen molar-refractivity contribution >= 4 is 49.6 Å². The number of nitriles is 1. The van der Waals surface area contributed by atoms with Crippen LogP contribution >= 0.6 is 11.3 Å². The van der Waals surface area contributed by atoms with Crippen LogP contribution in [0.4, 0.5) is 37.2 Å². The zero-order chi connectivity index (χ0) is 45.3. The number of anilines is 2. The number of benzene rings is 2. The van der Waals surface area contributed by atoms with Crippen molar-refractivity contribution in [2.45, 2.75) is 102 Å². The Morgan fingerprint density at radius 2 is 1.78 bits per heavy atom. The molecule has 5 aromatic rings. The van der Waals surface area contributed by atoms with Crippen LogP contribution in [0.1, 0.15) is 89.7 Å². The molecule has 19 heteroatoms. The summed E-state index contributed by atoms with van der Waals surface area (Å²) in [7, 11) is 2.15. The number of nitrogens with zero attached hydrogens (tertiary/aromatic N) is 9. The molecule has 0 radical (unpaired) electrons. The number of carbonyl (C=O) groups excluding carboxylic acids is 1. The summed E-state index contributed by atoms with van der Waals surface area (Å²) >= 11 is 0.928. The fourth-order valence-electron chi connectivity index (χ4n) is 11.4. The standard InChI is InChI=1S/C42H48F5N7OS.C3H2FN3O/c1-24(2)49-36-27(20-48)30-25(9-10-29(43)34(30)56-36)31-28(42(45,46)47)19-26-33(32(31)44)50-38(55-23-41-12-7-17-54(41)18-8-13-41)51-35(26)53-16-6-5-11-40(22-53)21-52(4)37(40)39(3)14-15-39;4-3-5-1-7(2-8)6-3/h9-10,19,24,37,49H,5-8,11-18,21-23H2,1-4H3;1-2H. The highest BCUT2D eigenvalue weighted by molar-refractivity contribution is 7.23. The summed E-state index contributed by atoms with van der Waals surface area (Å²) in [6.07, 6.45) is 4.52. The predicted octanol–water partition coefficient (Wildman–Crippen LogP) is 9.05. The van der Waals surface area contributed by atoms with Gasteiger partial charge in [-0.1, -0.05) is 19.4 Å². The van der Waals surface area contributed by atoms with Crippen molar-refractivity contribution in [3.8, 4) is 23.2 Å². The summed E-state index contributed by atoms with van der Waals surface area (Å²) in [6, 6.07) is 5.32. The maximum Gasteiger partial charge on any atom is 0.417 e. The normalized spacial score (nSPS) is 22.8. The monoisotopic (exact) mass is 908 g/mol. The Morgan fingerprint density at radius 1 is 1.03 bits per heavy atom. The lowest BCUT2D eigenvalue weighted by molar-refractivity contribution is -0.137. The number of rotatable bonds is 9. The second-order valence-electron chi connectivity index (χ2n) is 18.9. The van der Waals surface area contributed by atoms with Crippen LogP contribution in [0.2, 0.25) is 0 Å². The highest BCUT2D eigenvalue weighted by Gasteiger charge is 2.62. The minimum atomic E-state index is -5.02. The number of nitrogens with one attached hydrogen (secondary N) is 1. The number of thiophene rings is 1. The first-order valence-corrected chi connectivity index (χ1v) is 22.7. The van der Waals surface area contributed by atoms with E-state index < -0.39 is 35.0 Å². The molecule has 5 fully saturated rings. The number of halogens is 6. The molecular weight excluding hydrogens is 859 g/mol. The molecule has 0 bridgehead atoms. The van der Waals surface area contributed by atoms with Crippen molar-refractivity contribution in [3.63, 3.8) is 0 Å². The second kappa shape index (κ2) is 16.4. The van der Waals surface area contributed by atoms with Gasteiger partial charge in [-0.25, -0.2) is 8.78 Å². The third-order valence-corrected chi connectivity index (χ3v) is 15.2. The Labute approximate surface area is 370 Å². The zero-order valence-corrected chi connectivity index (χ0v) is 37.0. The minimum absolute atomic E-state index is 0.0293. The molecule has 2 aromatic carbocycles. The van der Waals surface area contributed by atoms with Gasteiger partial charge < -0.3 is 19.9 Å². The number of alkyl halides is 3. The number of aromatic nitrogens is 5. The third kappa shape index (κ3) is 7.72. The summed E-state index contributed by atoms with van der Waals surface area (Å²) in [4.78, 5) is 29.2. The van der Waals surface area contributed by atoms with Gasteiger partial charge in [0.25, 0.3) is 0 Å². The van der Waals surface area contributed by atoms with E-state index in [1.54, 1.807) is 0 Å². The van der Waals surface area contributed by atoms with Crippen molar-refractivity contribution in [1.29, 1.82) is 5.26 Å². The Bertz CT molecular complexity index is 2650. The van der Waals surface area contributed by atoms with Crippen LogP contribution in [0.5, 0.6) is 6.01 Å². The van der Waals surface area contributed by atoms with Gasteiger partial charge in [-0.05, 0) is 108 Å². The zero-order valence-electron chi connectivity index (χ0n) is 36.2. The average molecular weight is 909 g/mol. The lowest BCUT2D eigenvalue weighted by Crippen LogP contribution is -2.69. The smallest absolute Gasteiger partial charge is 0.417 e. The summed E-state index contributed by atoms with van der Waals surface area (Å²) in [5, 5.41) is 16.6. The van der Waals surface area contributed by atoms with E-state index in [0.717, 1.165) is 118 Å². The molecule has 2 unspecified atom stereocenters. The Kier molecular flexibility index (Phi) is 11.3. The van der Waals surface area contributed by atoms with Crippen LogP contribution in [0.15, 0.2) is 24.5 Å². The molecule has 10 rings (SSSR count). The second-order valence-corrected chi connectivity index (χ2v) is 19.9. The molecule has 0 amide bonds. The van der Waals surface area contributed by atoms with Gasteiger partial charge in [-0.15, -0.1) is 16.4 Å². The summed E-state index contributed by atoms with van der Waals surface area (Å²) in [6.45, 7) is 10.3. The van der Waals surface area contributed by atoms with E-state index in [1.807, 2.05) is 13.8 Å². The summed E-state index contributed by atoms with van der Waals surface area (Å²) < 4.78 is 98.2. The van der Waals surface area contributed by atoms with E-state index in [2.05, 4.69) is 55.1 Å². The maximum atomic E-state index is 17.6. The highest BCUT2D eigenvalue weighted by Crippen LogP contribution is 2.61. The van der Waals surface area contributed by atoms with E-state index in [0.29, 0.717) is 37.1 Å². The van der Waals surface area contributed by atoms with E-state index in [1.165, 1.54) is 0 Å². The fourth-order valence-corrected chi connectivity index (χ4v) is 12.6. The van der Waals surface area contributed by atoms with Gasteiger partial charge in [0.2, 0.25) is 6.41 Å². The molecule has 1 saturated carbocycles. The molecule has 3 aromatic heterocycles. The van der Waals surface area contributed by atoms with E-state index in [9.17, 15) is 14.4 Å². The molecule has 340 valence electrons. The molecule has 7 heterocycles. The topological polar surface area (TPSA) is 128 Å². The molecule has 1 spiro atoms. The van der Waals surface area contributed by atoms with E-state index in [-0.39, 0.29) is 66.4 Å². The summed E-state index contributed by atoms with van der Waals surface area (Å²) in [5.41, 5.74) is -2.62. The van der Waals surface area contributed by atoms with Crippen molar-refractivity contribution in [3.05, 3.63) is 53.4 Å². The van der Waals surface area contributed by atoms with Crippen molar-refractivity contribution < 1.29 is 35.9 Å². The van der Waals surface area contributed by atoms with E-state index in [4.69, 9.17) is 9.72 Å². The lowest BCUT2D eigenvalue weighted by atomic mass is 9.63. The van der Waals surface area contributed by atoms with Crippen molar-refractivity contribution in [1.82, 2.24) is 34.5 Å². The number of fused-ring (bicyclic) bond motifs is 3. The lowest BCUT2D eigenvalue weighted by Gasteiger charge is -2.60. The Balaban J connectivity index is 0.000000586. The molecule has 1 aliphatic carbocycles. The number of hydrogen-bond acceptors (Lipinski definition) is 12. The van der Waals surface area contributed by atoms with Crippen LogP contribution in [0, 0.1) is 39.9 Å². The fraction of sp³-hybridized carbons (Fsp3) is 0.556. The van der Waals surface area contributed by atoms with Gasteiger partial charge in [-0.3, -0.25) is 9.69 Å². The Morgan fingerprint density at radius 3 is 2.39 bits per heavy atom. The van der Waals surface area contributed by atoms with Crippen LogP contribution in [-0.4, -0.2) is 105 Å².